The summed E-state index contributed by atoms with van der Waals surface area (Å²) in [4.78, 5) is 4.04. The van der Waals surface area contributed by atoms with Crippen LogP contribution < -0.4 is 0 Å². The highest BCUT2D eigenvalue weighted by atomic mass is 19.1. The molecule has 0 saturated carbocycles. The number of aliphatic hydroxyl groups excluding tert-OH is 1. The van der Waals surface area contributed by atoms with Crippen molar-refractivity contribution in [1.82, 2.24) is 4.98 Å². The second kappa shape index (κ2) is 4.63. The van der Waals surface area contributed by atoms with Crippen molar-refractivity contribution in [2.24, 2.45) is 0 Å². The third kappa shape index (κ3) is 2.50. The Bertz CT molecular complexity index is 539. The van der Waals surface area contributed by atoms with Gasteiger partial charge in [-0.3, -0.25) is 4.98 Å². The Morgan fingerprint density at radius 3 is 2.59 bits per heavy atom. The topological polar surface area (TPSA) is 33.1 Å². The quantitative estimate of drug-likeness (QED) is 0.862. The summed E-state index contributed by atoms with van der Waals surface area (Å²) in [5, 5.41) is 10.2. The number of nitrogens with zero attached hydrogens (tertiary/aromatic N) is 1. The monoisotopic (exact) mass is 231 g/mol. The van der Waals surface area contributed by atoms with Crippen molar-refractivity contribution in [3.05, 3.63) is 64.7 Å². The van der Waals surface area contributed by atoms with Crippen LogP contribution >= 0.6 is 0 Å². The highest BCUT2D eigenvalue weighted by Crippen LogP contribution is 2.25. The van der Waals surface area contributed by atoms with E-state index in [1.165, 1.54) is 12.1 Å². The van der Waals surface area contributed by atoms with Crippen molar-refractivity contribution >= 4 is 0 Å². The normalized spacial score (nSPS) is 12.5. The number of hydrogen-bond acceptors (Lipinski definition) is 2. The van der Waals surface area contributed by atoms with Gasteiger partial charge in [-0.05, 0) is 42.7 Å². The molecule has 0 aliphatic heterocycles. The molecule has 0 amide bonds. The van der Waals surface area contributed by atoms with Crippen LogP contribution in [0, 0.1) is 19.7 Å². The Morgan fingerprint density at radius 1 is 1.18 bits per heavy atom. The molecule has 0 aliphatic carbocycles. The molecular weight excluding hydrogens is 217 g/mol. The molecule has 2 aromatic rings. The summed E-state index contributed by atoms with van der Waals surface area (Å²) in [6.45, 7) is 3.70. The van der Waals surface area contributed by atoms with Crippen LogP contribution in [0.4, 0.5) is 4.39 Å². The zero-order chi connectivity index (χ0) is 12.4. The van der Waals surface area contributed by atoms with Crippen LogP contribution in [0.15, 0.2) is 36.7 Å². The van der Waals surface area contributed by atoms with E-state index in [1.54, 1.807) is 25.4 Å². The van der Waals surface area contributed by atoms with Crippen molar-refractivity contribution in [3.8, 4) is 0 Å². The van der Waals surface area contributed by atoms with Crippen LogP contribution in [0.25, 0.3) is 0 Å². The van der Waals surface area contributed by atoms with Crippen molar-refractivity contribution in [2.75, 3.05) is 0 Å². The van der Waals surface area contributed by atoms with Crippen LogP contribution in [0.1, 0.15) is 28.4 Å². The third-order valence-corrected chi connectivity index (χ3v) is 2.74. The van der Waals surface area contributed by atoms with Gasteiger partial charge in [-0.25, -0.2) is 4.39 Å². The Labute approximate surface area is 99.8 Å². The van der Waals surface area contributed by atoms with E-state index in [9.17, 15) is 9.50 Å². The van der Waals surface area contributed by atoms with Crippen LogP contribution in [-0.4, -0.2) is 10.1 Å². The molecule has 0 radical (unpaired) electrons. The van der Waals surface area contributed by atoms with Gasteiger partial charge in [0.15, 0.2) is 0 Å². The molecule has 2 nitrogen and oxygen atoms in total. The van der Waals surface area contributed by atoms with E-state index in [-0.39, 0.29) is 5.82 Å². The predicted molar refractivity (Wildman–Crippen MR) is 64.2 cm³/mol. The summed E-state index contributed by atoms with van der Waals surface area (Å²) in [5.74, 6) is -0.291. The molecule has 1 atom stereocenters. The van der Waals surface area contributed by atoms with Crippen molar-refractivity contribution in [1.29, 1.82) is 0 Å². The van der Waals surface area contributed by atoms with Gasteiger partial charge in [-0.2, -0.15) is 0 Å². The summed E-state index contributed by atoms with van der Waals surface area (Å²) < 4.78 is 13.0. The Kier molecular flexibility index (Phi) is 3.20. The van der Waals surface area contributed by atoms with Gasteiger partial charge in [0, 0.05) is 18.0 Å². The first-order valence-corrected chi connectivity index (χ1v) is 5.43. The van der Waals surface area contributed by atoms with E-state index in [0.717, 1.165) is 16.7 Å². The molecule has 1 aromatic carbocycles. The van der Waals surface area contributed by atoms with Crippen molar-refractivity contribution in [2.45, 2.75) is 20.0 Å². The van der Waals surface area contributed by atoms with Gasteiger partial charge in [0.25, 0.3) is 0 Å². The molecule has 0 spiro atoms. The molecule has 88 valence electrons. The SMILES string of the molecule is Cc1cncc(C(O)c2ccc(F)cc2C)c1. The molecular formula is C14H14FNO. The lowest BCUT2D eigenvalue weighted by Crippen LogP contribution is -2.03. The minimum Gasteiger partial charge on any atom is -0.384 e. The summed E-state index contributed by atoms with van der Waals surface area (Å²) >= 11 is 0. The van der Waals surface area contributed by atoms with Crippen molar-refractivity contribution < 1.29 is 9.50 Å². The van der Waals surface area contributed by atoms with E-state index in [1.807, 2.05) is 13.0 Å². The van der Waals surface area contributed by atoms with Gasteiger partial charge < -0.3 is 5.11 Å². The van der Waals surface area contributed by atoms with E-state index in [4.69, 9.17) is 0 Å². The van der Waals surface area contributed by atoms with Crippen molar-refractivity contribution in [3.63, 3.8) is 0 Å². The maximum atomic E-state index is 13.0. The number of benzene rings is 1. The predicted octanol–water partition coefficient (Wildman–Crippen LogP) is 2.92. The Balaban J connectivity index is 2.40. The van der Waals surface area contributed by atoms with Gasteiger partial charge in [-0.1, -0.05) is 12.1 Å². The van der Waals surface area contributed by atoms with Gasteiger partial charge in [0.05, 0.1) is 0 Å². The lowest BCUT2D eigenvalue weighted by Gasteiger charge is -2.14. The number of aliphatic hydroxyl groups is 1. The molecule has 0 aliphatic rings. The fourth-order valence-corrected chi connectivity index (χ4v) is 1.85. The molecule has 0 saturated heterocycles. The van der Waals surface area contributed by atoms with E-state index < -0.39 is 6.10 Å². The Hall–Kier alpha value is -1.74. The fourth-order valence-electron chi connectivity index (χ4n) is 1.85. The first-order chi connectivity index (χ1) is 8.08. The molecule has 0 bridgehead atoms. The maximum absolute atomic E-state index is 13.0. The van der Waals surface area contributed by atoms with E-state index in [0.29, 0.717) is 5.56 Å². The molecule has 1 aromatic heterocycles. The standard InChI is InChI=1S/C14H14FNO/c1-9-5-11(8-16-7-9)14(17)13-4-3-12(15)6-10(13)2/h3-8,14,17H,1-2H3. The van der Waals surface area contributed by atoms with E-state index in [2.05, 4.69) is 4.98 Å². The average molecular weight is 231 g/mol. The summed E-state index contributed by atoms with van der Waals surface area (Å²) in [6, 6.07) is 6.26. The van der Waals surface area contributed by atoms with Crippen LogP contribution in [0.3, 0.4) is 0 Å². The number of rotatable bonds is 2. The zero-order valence-electron chi connectivity index (χ0n) is 9.81. The van der Waals surface area contributed by atoms with Gasteiger partial charge in [-0.15, -0.1) is 0 Å². The molecule has 0 fully saturated rings. The molecule has 3 heteroatoms. The van der Waals surface area contributed by atoms with Crippen LogP contribution in [0.5, 0.6) is 0 Å². The second-order valence-electron chi connectivity index (χ2n) is 4.20. The van der Waals surface area contributed by atoms with Crippen LogP contribution in [0.2, 0.25) is 0 Å². The summed E-state index contributed by atoms with van der Waals surface area (Å²) in [5.41, 5.74) is 3.15. The first kappa shape index (κ1) is 11.7. The number of halogens is 1. The molecule has 1 heterocycles. The Morgan fingerprint density at radius 2 is 1.94 bits per heavy atom. The lowest BCUT2D eigenvalue weighted by atomic mass is 9.98. The highest BCUT2D eigenvalue weighted by molar-refractivity contribution is 5.35. The summed E-state index contributed by atoms with van der Waals surface area (Å²) in [7, 11) is 0. The average Bonchev–Trinajstić information content (AvgIpc) is 2.28. The largest absolute Gasteiger partial charge is 0.384 e. The second-order valence-corrected chi connectivity index (χ2v) is 4.20. The third-order valence-electron chi connectivity index (χ3n) is 2.74. The van der Waals surface area contributed by atoms with Gasteiger partial charge in [0.2, 0.25) is 0 Å². The van der Waals surface area contributed by atoms with Gasteiger partial charge >= 0.3 is 0 Å². The summed E-state index contributed by atoms with van der Waals surface area (Å²) in [6.07, 6.45) is 2.59. The molecule has 1 N–H and O–H groups in total. The number of pyridine rings is 1. The smallest absolute Gasteiger partial charge is 0.123 e. The van der Waals surface area contributed by atoms with Crippen LogP contribution in [-0.2, 0) is 0 Å². The van der Waals surface area contributed by atoms with E-state index >= 15 is 0 Å². The minimum absolute atomic E-state index is 0.291. The fraction of sp³-hybridized carbons (Fsp3) is 0.214. The number of aromatic nitrogens is 1. The number of aryl methyl sites for hydroxylation is 2. The number of hydrogen-bond donors (Lipinski definition) is 1. The highest BCUT2D eigenvalue weighted by Gasteiger charge is 2.13. The molecule has 2 rings (SSSR count). The lowest BCUT2D eigenvalue weighted by molar-refractivity contribution is 0.219. The first-order valence-electron chi connectivity index (χ1n) is 5.43. The minimum atomic E-state index is -0.761. The molecule has 1 unspecified atom stereocenters. The molecule has 17 heavy (non-hydrogen) atoms. The zero-order valence-corrected chi connectivity index (χ0v) is 9.81. The van der Waals surface area contributed by atoms with Gasteiger partial charge in [0.1, 0.15) is 11.9 Å². The maximum Gasteiger partial charge on any atom is 0.123 e.